The van der Waals surface area contributed by atoms with E-state index in [0.29, 0.717) is 12.5 Å². The van der Waals surface area contributed by atoms with E-state index in [4.69, 9.17) is 4.74 Å². The molecule has 1 unspecified atom stereocenters. The lowest BCUT2D eigenvalue weighted by molar-refractivity contribution is 0.0507. The second-order valence-electron chi connectivity index (χ2n) is 8.36. The van der Waals surface area contributed by atoms with Gasteiger partial charge >= 0.3 is 6.09 Å². The van der Waals surface area contributed by atoms with E-state index in [0.717, 1.165) is 13.0 Å². The first-order valence-corrected chi connectivity index (χ1v) is 9.30. The fraction of sp³-hybridized carbons (Fsp3) is 0.947. The molecule has 2 N–H and O–H groups in total. The highest BCUT2D eigenvalue weighted by atomic mass is 16.6. The summed E-state index contributed by atoms with van der Waals surface area (Å²) in [6, 6.07) is 0. The van der Waals surface area contributed by atoms with E-state index < -0.39 is 5.60 Å². The molecule has 0 aromatic carbocycles. The maximum atomic E-state index is 11.9. The molecule has 0 saturated carbocycles. The Balaban J connectivity index is 4.28. The lowest BCUT2D eigenvalue weighted by Crippen LogP contribution is -2.53. The monoisotopic (exact) mass is 328 g/mol. The van der Waals surface area contributed by atoms with Gasteiger partial charge in [0.15, 0.2) is 0 Å². The molecule has 0 heterocycles. The summed E-state index contributed by atoms with van der Waals surface area (Å²) in [4.78, 5) is 11.9. The molecular formula is C19H40N2O2. The van der Waals surface area contributed by atoms with Crippen LogP contribution in [-0.2, 0) is 4.74 Å². The number of hydrogen-bond acceptors (Lipinski definition) is 3. The lowest BCUT2D eigenvalue weighted by atomic mass is 9.90. The Labute approximate surface area is 144 Å². The number of hydrogen-bond donors (Lipinski definition) is 2. The molecule has 0 rings (SSSR count). The van der Waals surface area contributed by atoms with Crippen LogP contribution in [-0.4, -0.2) is 30.3 Å². The maximum Gasteiger partial charge on any atom is 0.407 e. The van der Waals surface area contributed by atoms with Gasteiger partial charge in [-0.25, -0.2) is 4.79 Å². The number of amides is 1. The number of unbranched alkanes of at least 4 members (excludes halogenated alkanes) is 4. The van der Waals surface area contributed by atoms with Crippen molar-refractivity contribution in [2.24, 2.45) is 5.92 Å². The average Bonchev–Trinajstić information content (AvgIpc) is 2.38. The third-order valence-electron chi connectivity index (χ3n) is 3.71. The number of nitrogens with one attached hydrogen (secondary N) is 2. The highest BCUT2D eigenvalue weighted by Gasteiger charge is 2.26. The summed E-state index contributed by atoms with van der Waals surface area (Å²) in [5.74, 6) is 0.577. The second-order valence-corrected chi connectivity index (χ2v) is 8.36. The van der Waals surface area contributed by atoms with Crippen LogP contribution in [0.2, 0.25) is 0 Å². The Morgan fingerprint density at radius 1 is 1.04 bits per heavy atom. The molecule has 138 valence electrons. The van der Waals surface area contributed by atoms with E-state index in [1.807, 2.05) is 20.8 Å². The van der Waals surface area contributed by atoms with Crippen LogP contribution in [0.25, 0.3) is 0 Å². The summed E-state index contributed by atoms with van der Waals surface area (Å²) < 4.78 is 5.33. The quantitative estimate of drug-likeness (QED) is 0.532. The lowest BCUT2D eigenvalue weighted by Gasteiger charge is -2.33. The van der Waals surface area contributed by atoms with Gasteiger partial charge in [-0.3, -0.25) is 0 Å². The predicted octanol–water partition coefficient (Wildman–Crippen LogP) is 4.88. The minimum atomic E-state index is -0.453. The van der Waals surface area contributed by atoms with Crippen LogP contribution in [0.5, 0.6) is 0 Å². The normalized spacial score (nSPS) is 14.6. The molecule has 1 atom stereocenters. The molecule has 4 heteroatoms. The van der Waals surface area contributed by atoms with Gasteiger partial charge in [-0.15, -0.1) is 0 Å². The van der Waals surface area contributed by atoms with Gasteiger partial charge in [-0.2, -0.15) is 0 Å². The summed E-state index contributed by atoms with van der Waals surface area (Å²) in [7, 11) is 0. The smallest absolute Gasteiger partial charge is 0.407 e. The van der Waals surface area contributed by atoms with Crippen molar-refractivity contribution in [3.05, 3.63) is 0 Å². The fourth-order valence-corrected chi connectivity index (χ4v) is 2.81. The first-order chi connectivity index (χ1) is 10.6. The van der Waals surface area contributed by atoms with E-state index in [2.05, 4.69) is 38.3 Å². The van der Waals surface area contributed by atoms with Gasteiger partial charge in [0.1, 0.15) is 5.60 Å². The zero-order chi connectivity index (χ0) is 17.9. The Kier molecular flexibility index (Phi) is 10.5. The number of alkyl carbamates (subject to hydrolysis) is 1. The Morgan fingerprint density at radius 3 is 2.17 bits per heavy atom. The zero-order valence-corrected chi connectivity index (χ0v) is 16.6. The van der Waals surface area contributed by atoms with Crippen molar-refractivity contribution in [1.29, 1.82) is 0 Å². The SMILES string of the molecule is CCCCCCCNC(C)(CNC(=O)OC(C)(C)C)CC(C)C. The number of rotatable bonds is 11. The van der Waals surface area contributed by atoms with Crippen molar-refractivity contribution in [3.63, 3.8) is 0 Å². The first kappa shape index (κ1) is 22.2. The second kappa shape index (κ2) is 10.9. The summed E-state index contributed by atoms with van der Waals surface area (Å²) >= 11 is 0. The van der Waals surface area contributed by atoms with Crippen LogP contribution in [0.15, 0.2) is 0 Å². The van der Waals surface area contributed by atoms with Crippen LogP contribution in [0.3, 0.4) is 0 Å². The molecule has 0 bridgehead atoms. The van der Waals surface area contributed by atoms with E-state index in [1.54, 1.807) is 0 Å². The van der Waals surface area contributed by atoms with Gasteiger partial charge in [0.05, 0.1) is 0 Å². The fourth-order valence-electron chi connectivity index (χ4n) is 2.81. The van der Waals surface area contributed by atoms with E-state index in [-0.39, 0.29) is 11.6 Å². The van der Waals surface area contributed by atoms with Gasteiger partial charge in [0, 0.05) is 12.1 Å². The Morgan fingerprint density at radius 2 is 1.65 bits per heavy atom. The van der Waals surface area contributed by atoms with Crippen LogP contribution >= 0.6 is 0 Å². The zero-order valence-electron chi connectivity index (χ0n) is 16.6. The van der Waals surface area contributed by atoms with Crippen LogP contribution < -0.4 is 10.6 Å². The highest BCUT2D eigenvalue weighted by molar-refractivity contribution is 5.67. The molecule has 0 saturated heterocycles. The molecule has 23 heavy (non-hydrogen) atoms. The molecule has 0 fully saturated rings. The molecular weight excluding hydrogens is 288 g/mol. The average molecular weight is 329 g/mol. The predicted molar refractivity (Wildman–Crippen MR) is 98.9 cm³/mol. The number of ether oxygens (including phenoxy) is 1. The molecule has 0 aromatic rings. The van der Waals surface area contributed by atoms with Gasteiger partial charge in [-0.1, -0.05) is 46.5 Å². The molecule has 0 aliphatic carbocycles. The van der Waals surface area contributed by atoms with Gasteiger partial charge in [-0.05, 0) is 53.0 Å². The van der Waals surface area contributed by atoms with Crippen LogP contribution in [0.4, 0.5) is 4.79 Å². The van der Waals surface area contributed by atoms with E-state index >= 15 is 0 Å². The Hall–Kier alpha value is -0.770. The molecule has 0 radical (unpaired) electrons. The molecule has 0 aliphatic rings. The standard InChI is InChI=1S/C19H40N2O2/c1-8-9-10-11-12-13-21-19(7,14-16(2)3)15-20-17(22)23-18(4,5)6/h16,21H,8-15H2,1-7H3,(H,20,22). The van der Waals surface area contributed by atoms with E-state index in [9.17, 15) is 4.79 Å². The minimum absolute atomic E-state index is 0.0875. The van der Waals surface area contributed by atoms with Gasteiger partial charge in [0.2, 0.25) is 0 Å². The minimum Gasteiger partial charge on any atom is -0.444 e. The van der Waals surface area contributed by atoms with Gasteiger partial charge in [0.25, 0.3) is 0 Å². The largest absolute Gasteiger partial charge is 0.444 e. The third-order valence-corrected chi connectivity index (χ3v) is 3.71. The summed E-state index contributed by atoms with van der Waals surface area (Å²) in [5, 5.41) is 6.58. The molecule has 0 aliphatic heterocycles. The Bertz CT molecular complexity index is 324. The maximum absolute atomic E-state index is 11.9. The molecule has 0 aromatic heterocycles. The van der Waals surface area contributed by atoms with Crippen molar-refractivity contribution >= 4 is 6.09 Å². The summed E-state index contributed by atoms with van der Waals surface area (Å²) in [6.45, 7) is 16.1. The van der Waals surface area contributed by atoms with Crippen molar-refractivity contribution < 1.29 is 9.53 Å². The molecule has 0 spiro atoms. The summed E-state index contributed by atoms with van der Waals surface area (Å²) in [6.07, 6.45) is 7.07. The van der Waals surface area contributed by atoms with Gasteiger partial charge < -0.3 is 15.4 Å². The van der Waals surface area contributed by atoms with Crippen LogP contribution in [0.1, 0.15) is 87.0 Å². The highest BCUT2D eigenvalue weighted by Crippen LogP contribution is 2.17. The van der Waals surface area contributed by atoms with Crippen LogP contribution in [0, 0.1) is 5.92 Å². The van der Waals surface area contributed by atoms with E-state index in [1.165, 1.54) is 32.1 Å². The topological polar surface area (TPSA) is 50.4 Å². The molecule has 1 amide bonds. The number of carbonyl (C=O) groups is 1. The molecule has 4 nitrogen and oxygen atoms in total. The van der Waals surface area contributed by atoms with Crippen molar-refractivity contribution in [3.8, 4) is 0 Å². The van der Waals surface area contributed by atoms with Crippen molar-refractivity contribution in [2.75, 3.05) is 13.1 Å². The van der Waals surface area contributed by atoms with Crippen molar-refractivity contribution in [1.82, 2.24) is 10.6 Å². The first-order valence-electron chi connectivity index (χ1n) is 9.30. The summed E-state index contributed by atoms with van der Waals surface area (Å²) in [5.41, 5.74) is -0.541. The number of carbonyl (C=O) groups excluding carboxylic acids is 1. The van der Waals surface area contributed by atoms with Crippen molar-refractivity contribution in [2.45, 2.75) is 98.1 Å². The third kappa shape index (κ3) is 13.4.